The van der Waals surface area contributed by atoms with Gasteiger partial charge < -0.3 is 0 Å². The fourth-order valence-electron chi connectivity index (χ4n) is 4.77. The molecule has 1 aliphatic rings. The molecule has 0 nitrogen and oxygen atoms in total. The van der Waals surface area contributed by atoms with Crippen molar-refractivity contribution in [3.8, 4) is 0 Å². The van der Waals surface area contributed by atoms with E-state index >= 15 is 0 Å². The average molecular weight is 465 g/mol. The van der Waals surface area contributed by atoms with Crippen LogP contribution in [0.1, 0.15) is 15.1 Å². The topological polar surface area (TPSA) is 0 Å². The van der Waals surface area contributed by atoms with Crippen molar-refractivity contribution in [2.75, 3.05) is 0 Å². The van der Waals surface area contributed by atoms with Gasteiger partial charge in [0.15, 0.2) is 0 Å². The zero-order valence-electron chi connectivity index (χ0n) is 15.7. The van der Waals surface area contributed by atoms with Gasteiger partial charge in [-0.1, -0.05) is 0 Å². The van der Waals surface area contributed by atoms with Gasteiger partial charge >= 0.3 is 172 Å². The standard InChI is InChI=1S/C9H7.3C6H5.Sn/c1-2-5-9-7-3-6-8(9)4-1;3*1-2-4-6-5-3-1;/h1-7H;3*1-5H;. The number of allylic oxidation sites excluding steroid dienone is 1. The molecule has 1 heteroatoms. The summed E-state index contributed by atoms with van der Waals surface area (Å²) in [5.41, 5.74) is 2.85. The first-order valence-corrected chi connectivity index (χ1v) is 15.8. The predicted molar refractivity (Wildman–Crippen MR) is 122 cm³/mol. The van der Waals surface area contributed by atoms with Gasteiger partial charge in [0.05, 0.1) is 0 Å². The van der Waals surface area contributed by atoms with E-state index in [0.717, 1.165) is 0 Å². The molecule has 0 saturated carbocycles. The van der Waals surface area contributed by atoms with Gasteiger partial charge in [0.2, 0.25) is 0 Å². The zero-order valence-corrected chi connectivity index (χ0v) is 18.6. The van der Waals surface area contributed by atoms with E-state index in [4.69, 9.17) is 0 Å². The van der Waals surface area contributed by atoms with Gasteiger partial charge in [-0.2, -0.15) is 0 Å². The molecule has 134 valence electrons. The average Bonchev–Trinajstić information content (AvgIpc) is 3.21. The summed E-state index contributed by atoms with van der Waals surface area (Å²) in [5.74, 6) is 0. The summed E-state index contributed by atoms with van der Waals surface area (Å²) in [6.07, 6.45) is 4.81. The van der Waals surface area contributed by atoms with Crippen LogP contribution >= 0.6 is 0 Å². The molecule has 0 aromatic heterocycles. The van der Waals surface area contributed by atoms with Gasteiger partial charge in [-0.25, -0.2) is 0 Å². The molecule has 4 aromatic carbocycles. The Morgan fingerprint density at radius 2 is 0.893 bits per heavy atom. The Morgan fingerprint density at radius 1 is 0.464 bits per heavy atom. The minimum absolute atomic E-state index is 0.442. The molecular formula is C27H22Sn. The molecule has 4 aromatic rings. The summed E-state index contributed by atoms with van der Waals surface area (Å²) < 4.78 is 5.03. The van der Waals surface area contributed by atoms with Gasteiger partial charge in [-0.15, -0.1) is 0 Å². The van der Waals surface area contributed by atoms with E-state index in [-0.39, 0.29) is 0 Å². The first-order chi connectivity index (χ1) is 13.9. The Bertz CT molecular complexity index is 1000. The van der Waals surface area contributed by atoms with Crippen molar-refractivity contribution in [3.05, 3.63) is 132 Å². The molecule has 1 atom stereocenters. The molecular weight excluding hydrogens is 443 g/mol. The molecule has 1 unspecified atom stereocenters. The molecule has 0 fully saturated rings. The third kappa shape index (κ3) is 2.75. The van der Waals surface area contributed by atoms with Gasteiger partial charge in [-0.05, 0) is 0 Å². The molecule has 0 amide bonds. The molecule has 28 heavy (non-hydrogen) atoms. The summed E-state index contributed by atoms with van der Waals surface area (Å²) in [6, 6.07) is 42.8. The molecule has 0 aliphatic heterocycles. The number of hydrogen-bond acceptors (Lipinski definition) is 0. The Balaban J connectivity index is 1.88. The SMILES string of the molecule is C1=C[CH]([Sn]([c]2ccccc2)([c]2ccccc2)[c]2ccccc2)c2ccccc21. The molecule has 5 rings (SSSR count). The van der Waals surface area contributed by atoms with E-state index in [0.29, 0.717) is 3.93 Å². The van der Waals surface area contributed by atoms with Crippen LogP contribution in [-0.4, -0.2) is 18.4 Å². The Labute approximate surface area is 171 Å². The number of hydrogen-bond donors (Lipinski definition) is 0. The second-order valence-corrected chi connectivity index (χ2v) is 18.7. The van der Waals surface area contributed by atoms with Gasteiger partial charge in [0, 0.05) is 0 Å². The first kappa shape index (κ1) is 17.5. The van der Waals surface area contributed by atoms with Crippen LogP contribution in [0.5, 0.6) is 0 Å². The van der Waals surface area contributed by atoms with Crippen LogP contribution in [0, 0.1) is 0 Å². The third-order valence-electron chi connectivity index (χ3n) is 5.95. The van der Waals surface area contributed by atoms with Crippen molar-refractivity contribution in [1.82, 2.24) is 0 Å². The summed E-state index contributed by atoms with van der Waals surface area (Å²) >= 11 is -3.38. The third-order valence-corrected chi connectivity index (χ3v) is 20.7. The quantitative estimate of drug-likeness (QED) is 0.390. The van der Waals surface area contributed by atoms with Crippen molar-refractivity contribution in [2.45, 2.75) is 3.93 Å². The molecule has 0 bridgehead atoms. The van der Waals surface area contributed by atoms with Crippen molar-refractivity contribution in [2.24, 2.45) is 0 Å². The second-order valence-electron chi connectivity index (χ2n) is 7.37. The summed E-state index contributed by atoms with van der Waals surface area (Å²) in [4.78, 5) is 0. The fraction of sp³-hybridized carbons (Fsp3) is 0.0370. The van der Waals surface area contributed by atoms with E-state index in [9.17, 15) is 0 Å². The maximum absolute atomic E-state index is 3.38. The first-order valence-electron chi connectivity index (χ1n) is 9.84. The fourth-order valence-corrected chi connectivity index (χ4v) is 20.0. The predicted octanol–water partition coefficient (Wildman–Crippen LogP) is 4.51. The van der Waals surface area contributed by atoms with E-state index < -0.39 is 18.4 Å². The van der Waals surface area contributed by atoms with Gasteiger partial charge in [-0.3, -0.25) is 0 Å². The molecule has 0 spiro atoms. The Morgan fingerprint density at radius 3 is 1.39 bits per heavy atom. The van der Waals surface area contributed by atoms with Crippen LogP contribution in [0.3, 0.4) is 0 Å². The van der Waals surface area contributed by atoms with Crippen LogP contribution < -0.4 is 10.7 Å². The molecule has 1 aliphatic carbocycles. The summed E-state index contributed by atoms with van der Waals surface area (Å²) in [5, 5.41) is 0. The van der Waals surface area contributed by atoms with Crippen LogP contribution in [0.25, 0.3) is 6.08 Å². The molecule has 0 N–H and O–H groups in total. The van der Waals surface area contributed by atoms with Crippen molar-refractivity contribution in [3.63, 3.8) is 0 Å². The van der Waals surface area contributed by atoms with Crippen LogP contribution in [0.15, 0.2) is 121 Å². The summed E-state index contributed by atoms with van der Waals surface area (Å²) in [7, 11) is 0. The Kier molecular flexibility index (Phi) is 4.66. The van der Waals surface area contributed by atoms with Crippen molar-refractivity contribution in [1.29, 1.82) is 0 Å². The van der Waals surface area contributed by atoms with E-state index in [2.05, 4.69) is 127 Å². The van der Waals surface area contributed by atoms with Crippen LogP contribution in [-0.2, 0) is 0 Å². The Hall–Kier alpha value is -2.58. The molecule has 0 saturated heterocycles. The van der Waals surface area contributed by atoms with E-state index in [1.807, 2.05) is 0 Å². The second kappa shape index (κ2) is 7.44. The van der Waals surface area contributed by atoms with Crippen LogP contribution in [0.4, 0.5) is 0 Å². The number of benzene rings is 4. The van der Waals surface area contributed by atoms with Gasteiger partial charge in [0.25, 0.3) is 0 Å². The van der Waals surface area contributed by atoms with Crippen molar-refractivity contribution < 1.29 is 0 Å². The van der Waals surface area contributed by atoms with E-state index in [1.165, 1.54) is 21.9 Å². The van der Waals surface area contributed by atoms with Gasteiger partial charge in [0.1, 0.15) is 0 Å². The number of rotatable bonds is 4. The minimum atomic E-state index is -3.38. The summed E-state index contributed by atoms with van der Waals surface area (Å²) in [6.45, 7) is 0. The molecule has 0 radical (unpaired) electrons. The van der Waals surface area contributed by atoms with E-state index in [1.54, 1.807) is 0 Å². The van der Waals surface area contributed by atoms with Crippen molar-refractivity contribution >= 4 is 35.2 Å². The number of fused-ring (bicyclic) bond motifs is 1. The zero-order chi connectivity index (χ0) is 18.8. The van der Waals surface area contributed by atoms with Crippen LogP contribution in [0.2, 0.25) is 0 Å². The monoisotopic (exact) mass is 466 g/mol. The normalized spacial score (nSPS) is 15.4. The maximum atomic E-state index is 2.48. The molecule has 0 heterocycles.